The molecule has 166 valence electrons. The zero-order valence-corrected chi connectivity index (χ0v) is 18.2. The van der Waals surface area contributed by atoms with Gasteiger partial charge in [0.1, 0.15) is 11.4 Å². The van der Waals surface area contributed by atoms with Crippen LogP contribution >= 0.6 is 0 Å². The molecule has 11 heteroatoms. The summed E-state index contributed by atoms with van der Waals surface area (Å²) in [4.78, 5) is 26.7. The van der Waals surface area contributed by atoms with Crippen molar-refractivity contribution in [2.45, 2.75) is 20.8 Å². The van der Waals surface area contributed by atoms with Crippen LogP contribution in [0.15, 0.2) is 45.8 Å². The molecule has 0 spiro atoms. The van der Waals surface area contributed by atoms with Gasteiger partial charge in [0, 0.05) is 20.1 Å². The molecule has 2 aromatic heterocycles. The van der Waals surface area contributed by atoms with E-state index in [9.17, 15) is 14.9 Å². The van der Waals surface area contributed by atoms with Gasteiger partial charge in [0.25, 0.3) is 5.56 Å². The molecule has 0 aliphatic carbocycles. The predicted molar refractivity (Wildman–Crippen MR) is 121 cm³/mol. The van der Waals surface area contributed by atoms with Crippen LogP contribution in [0, 0.1) is 17.0 Å². The van der Waals surface area contributed by atoms with Crippen LogP contribution in [0.3, 0.4) is 0 Å². The van der Waals surface area contributed by atoms with Crippen molar-refractivity contribution in [1.29, 1.82) is 0 Å². The first-order chi connectivity index (χ1) is 15.4. The molecule has 0 bridgehead atoms. The molecule has 0 amide bonds. The van der Waals surface area contributed by atoms with Crippen molar-refractivity contribution in [3.8, 4) is 5.69 Å². The number of rotatable bonds is 7. The van der Waals surface area contributed by atoms with Crippen LogP contribution in [0.25, 0.3) is 16.7 Å². The lowest BCUT2D eigenvalue weighted by Gasteiger charge is -2.21. The topological polar surface area (TPSA) is 124 Å². The number of anilines is 3. The summed E-state index contributed by atoms with van der Waals surface area (Å²) in [5.74, 6) is 0. The number of para-hydroxylation sites is 1. The first-order valence-corrected chi connectivity index (χ1v) is 10.2. The van der Waals surface area contributed by atoms with Gasteiger partial charge < -0.3 is 10.2 Å². The first kappa shape index (κ1) is 21.1. The van der Waals surface area contributed by atoms with E-state index in [-0.39, 0.29) is 28.1 Å². The molecule has 0 aliphatic heterocycles. The van der Waals surface area contributed by atoms with Crippen LogP contribution in [0.4, 0.5) is 22.7 Å². The summed E-state index contributed by atoms with van der Waals surface area (Å²) in [6, 6.07) is 10.8. The maximum Gasteiger partial charge on any atom is 0.324 e. The molecule has 1 N–H and O–H groups in total. The molecule has 0 unspecified atom stereocenters. The Kier molecular flexibility index (Phi) is 5.39. The minimum absolute atomic E-state index is 0.0267. The van der Waals surface area contributed by atoms with Gasteiger partial charge in [-0.1, -0.05) is 18.2 Å². The molecule has 11 nitrogen and oxygen atoms in total. The second-order valence-corrected chi connectivity index (χ2v) is 7.24. The molecule has 4 aromatic rings. The van der Waals surface area contributed by atoms with Crippen LogP contribution in [-0.2, 0) is 7.05 Å². The van der Waals surface area contributed by atoms with Gasteiger partial charge in [-0.3, -0.25) is 19.6 Å². The minimum Gasteiger partial charge on any atom is -0.370 e. The second-order valence-electron chi connectivity index (χ2n) is 7.24. The number of nitrogens with one attached hydrogen (secondary N) is 1. The summed E-state index contributed by atoms with van der Waals surface area (Å²) in [5.41, 5.74) is 2.03. The number of nitrogens with zero attached hydrogens (tertiary/aromatic N) is 6. The molecule has 2 aromatic carbocycles. The van der Waals surface area contributed by atoms with E-state index in [1.54, 1.807) is 24.7 Å². The smallest absolute Gasteiger partial charge is 0.324 e. The fraction of sp³-hybridized carbons (Fsp3) is 0.286. The fourth-order valence-corrected chi connectivity index (χ4v) is 3.85. The summed E-state index contributed by atoms with van der Waals surface area (Å²) >= 11 is 0. The van der Waals surface area contributed by atoms with Gasteiger partial charge in [-0.15, -0.1) is 0 Å². The Hall–Kier alpha value is -4.15. The number of nitro groups is 1. The monoisotopic (exact) mass is 437 g/mol. The lowest BCUT2D eigenvalue weighted by molar-refractivity contribution is -0.382. The standard InChI is InChI=1S/C21H23N7O4/c1-5-26(6-2)16-12-15(20(28(30)31)19-18(16)23-32-24-19)22-17-13(3)25(4)27(21(17)29)14-10-8-7-9-11-14/h7-12,22H,5-6H2,1-4H3. The average molecular weight is 437 g/mol. The summed E-state index contributed by atoms with van der Waals surface area (Å²) < 4.78 is 8.05. The molecule has 0 fully saturated rings. The second kappa shape index (κ2) is 8.17. The molecule has 0 aliphatic rings. The number of nitro benzene ring substituents is 1. The van der Waals surface area contributed by atoms with E-state index in [1.807, 2.05) is 49.1 Å². The lowest BCUT2D eigenvalue weighted by atomic mass is 10.1. The van der Waals surface area contributed by atoms with Gasteiger partial charge in [0.2, 0.25) is 5.52 Å². The molecule has 0 saturated heterocycles. The van der Waals surface area contributed by atoms with E-state index in [0.717, 1.165) is 0 Å². The third-order valence-electron chi connectivity index (χ3n) is 5.59. The highest BCUT2D eigenvalue weighted by molar-refractivity contribution is 6.00. The Morgan fingerprint density at radius 2 is 1.81 bits per heavy atom. The first-order valence-electron chi connectivity index (χ1n) is 10.2. The quantitative estimate of drug-likeness (QED) is 0.344. The normalized spacial score (nSPS) is 11.1. The molecule has 0 saturated carbocycles. The number of hydrogen-bond donors (Lipinski definition) is 1. The summed E-state index contributed by atoms with van der Waals surface area (Å²) in [6.45, 7) is 7.02. The van der Waals surface area contributed by atoms with Crippen molar-refractivity contribution < 1.29 is 9.55 Å². The van der Waals surface area contributed by atoms with E-state index in [4.69, 9.17) is 4.63 Å². The van der Waals surface area contributed by atoms with Crippen molar-refractivity contribution in [3.05, 3.63) is 62.6 Å². The van der Waals surface area contributed by atoms with Crippen molar-refractivity contribution >= 4 is 33.8 Å². The Morgan fingerprint density at radius 1 is 1.16 bits per heavy atom. The Balaban J connectivity index is 1.93. The van der Waals surface area contributed by atoms with Crippen molar-refractivity contribution in [1.82, 2.24) is 19.7 Å². The average Bonchev–Trinajstić information content (AvgIpc) is 3.34. The van der Waals surface area contributed by atoms with E-state index in [2.05, 4.69) is 15.6 Å². The lowest BCUT2D eigenvalue weighted by Crippen LogP contribution is -2.22. The zero-order valence-electron chi connectivity index (χ0n) is 18.2. The SMILES string of the molecule is CCN(CC)c1cc(Nc2c(C)n(C)n(-c3ccccc3)c2=O)c([N+](=O)[O-])c2nonc12. The molecule has 2 heterocycles. The number of hydrogen-bond acceptors (Lipinski definition) is 8. The van der Waals surface area contributed by atoms with Crippen LogP contribution in [0.2, 0.25) is 0 Å². The highest BCUT2D eigenvalue weighted by Gasteiger charge is 2.29. The van der Waals surface area contributed by atoms with E-state index in [1.165, 1.54) is 4.68 Å². The highest BCUT2D eigenvalue weighted by atomic mass is 16.6. The van der Waals surface area contributed by atoms with E-state index in [0.29, 0.717) is 35.7 Å². The van der Waals surface area contributed by atoms with Crippen LogP contribution in [-0.4, -0.2) is 37.7 Å². The van der Waals surface area contributed by atoms with Gasteiger partial charge >= 0.3 is 5.69 Å². The van der Waals surface area contributed by atoms with E-state index >= 15 is 0 Å². The van der Waals surface area contributed by atoms with Crippen molar-refractivity contribution in [2.24, 2.45) is 7.05 Å². The molecular weight excluding hydrogens is 414 g/mol. The van der Waals surface area contributed by atoms with Gasteiger partial charge in [-0.25, -0.2) is 9.31 Å². The molecule has 4 rings (SSSR count). The summed E-state index contributed by atoms with van der Waals surface area (Å²) in [6.07, 6.45) is 0. The van der Waals surface area contributed by atoms with Gasteiger partial charge in [0.15, 0.2) is 5.52 Å². The van der Waals surface area contributed by atoms with E-state index < -0.39 is 4.92 Å². The third kappa shape index (κ3) is 3.27. The van der Waals surface area contributed by atoms with Crippen molar-refractivity contribution in [3.63, 3.8) is 0 Å². The highest BCUT2D eigenvalue weighted by Crippen LogP contribution is 2.39. The fourth-order valence-electron chi connectivity index (χ4n) is 3.85. The van der Waals surface area contributed by atoms with Crippen LogP contribution < -0.4 is 15.8 Å². The van der Waals surface area contributed by atoms with Crippen LogP contribution in [0.1, 0.15) is 19.5 Å². The zero-order chi connectivity index (χ0) is 23.0. The van der Waals surface area contributed by atoms with Gasteiger partial charge in [-0.2, -0.15) is 0 Å². The summed E-state index contributed by atoms with van der Waals surface area (Å²) in [5, 5.41) is 22.7. The number of aromatic nitrogens is 4. The number of benzene rings is 2. The Morgan fingerprint density at radius 3 is 2.44 bits per heavy atom. The molecular formula is C21H23N7O4. The Bertz CT molecular complexity index is 1350. The maximum absolute atomic E-state index is 13.3. The third-order valence-corrected chi connectivity index (χ3v) is 5.59. The van der Waals surface area contributed by atoms with Gasteiger partial charge in [-0.05, 0) is 49.3 Å². The molecule has 32 heavy (non-hydrogen) atoms. The molecule has 0 radical (unpaired) electrons. The minimum atomic E-state index is -0.547. The summed E-state index contributed by atoms with van der Waals surface area (Å²) in [7, 11) is 1.76. The van der Waals surface area contributed by atoms with Gasteiger partial charge in [0.05, 0.1) is 22.0 Å². The molecule has 0 atom stereocenters. The van der Waals surface area contributed by atoms with Crippen molar-refractivity contribution in [2.75, 3.05) is 23.3 Å². The largest absolute Gasteiger partial charge is 0.370 e. The predicted octanol–water partition coefficient (Wildman–Crippen LogP) is 3.52. The maximum atomic E-state index is 13.3. The number of fused-ring (bicyclic) bond motifs is 1. The Labute approximate surface area is 182 Å². The van der Waals surface area contributed by atoms with Crippen LogP contribution in [0.5, 0.6) is 0 Å².